The van der Waals surface area contributed by atoms with Gasteiger partial charge in [0.15, 0.2) is 5.02 Å². The third-order valence-electron chi connectivity index (χ3n) is 4.43. The summed E-state index contributed by atoms with van der Waals surface area (Å²) < 4.78 is 2.88. The molecule has 0 spiro atoms. The lowest BCUT2D eigenvalue weighted by molar-refractivity contribution is -0.389. The predicted molar refractivity (Wildman–Crippen MR) is 113 cm³/mol. The van der Waals surface area contributed by atoms with E-state index in [4.69, 9.17) is 11.6 Å². The lowest BCUT2D eigenvalue weighted by Crippen LogP contribution is -2.26. The quantitative estimate of drug-likeness (QED) is 0.439. The molecular weight excluding hydrogens is 426 g/mol. The number of halogens is 1. The van der Waals surface area contributed by atoms with Crippen LogP contribution in [0.15, 0.2) is 36.7 Å². The molecule has 0 unspecified atom stereocenters. The van der Waals surface area contributed by atoms with E-state index < -0.39 is 16.6 Å². The van der Waals surface area contributed by atoms with Gasteiger partial charge in [0.05, 0.1) is 29.7 Å². The van der Waals surface area contributed by atoms with Gasteiger partial charge < -0.3 is 20.3 Å². The van der Waals surface area contributed by atoms with Crippen molar-refractivity contribution in [1.29, 1.82) is 0 Å². The van der Waals surface area contributed by atoms with E-state index in [1.54, 1.807) is 38.4 Å². The van der Waals surface area contributed by atoms with Crippen molar-refractivity contribution in [3.8, 4) is 0 Å². The van der Waals surface area contributed by atoms with Crippen molar-refractivity contribution in [2.75, 3.05) is 19.4 Å². The lowest BCUT2D eigenvalue weighted by Gasteiger charge is -2.13. The molecule has 0 atom stereocenters. The second-order valence-corrected chi connectivity index (χ2v) is 7.24. The molecule has 0 saturated heterocycles. The van der Waals surface area contributed by atoms with Gasteiger partial charge in [-0.3, -0.25) is 14.3 Å². The molecule has 162 valence electrons. The Balaban J connectivity index is 1.74. The van der Waals surface area contributed by atoms with E-state index in [1.807, 2.05) is 6.92 Å². The summed E-state index contributed by atoms with van der Waals surface area (Å²) in [7, 11) is 3.25. The molecule has 0 radical (unpaired) electrons. The molecule has 0 aliphatic carbocycles. The zero-order valence-corrected chi connectivity index (χ0v) is 17.8. The van der Waals surface area contributed by atoms with Crippen molar-refractivity contribution in [2.24, 2.45) is 0 Å². The van der Waals surface area contributed by atoms with Crippen molar-refractivity contribution in [2.45, 2.75) is 20.0 Å². The smallest absolute Gasteiger partial charge is 0.358 e. The highest BCUT2D eigenvalue weighted by molar-refractivity contribution is 6.32. The summed E-state index contributed by atoms with van der Waals surface area (Å²) in [6.07, 6.45) is 2.82. The third-order valence-corrected chi connectivity index (χ3v) is 4.70. The lowest BCUT2D eigenvalue weighted by atomic mass is 10.1. The number of rotatable bonds is 7. The van der Waals surface area contributed by atoms with Crippen LogP contribution < -0.4 is 5.32 Å². The largest absolute Gasteiger partial charge is 0.408 e. The van der Waals surface area contributed by atoms with E-state index in [9.17, 15) is 19.7 Å². The Morgan fingerprint density at radius 1 is 1.26 bits per heavy atom. The van der Waals surface area contributed by atoms with Crippen LogP contribution in [0.4, 0.5) is 11.5 Å². The van der Waals surface area contributed by atoms with Crippen LogP contribution >= 0.6 is 11.6 Å². The van der Waals surface area contributed by atoms with Gasteiger partial charge in [0, 0.05) is 26.2 Å². The molecule has 0 aliphatic heterocycles. The molecule has 1 N–H and O–H groups in total. The van der Waals surface area contributed by atoms with Gasteiger partial charge >= 0.3 is 5.82 Å². The van der Waals surface area contributed by atoms with Crippen molar-refractivity contribution in [3.05, 3.63) is 68.6 Å². The molecule has 2 aromatic heterocycles. The summed E-state index contributed by atoms with van der Waals surface area (Å²) in [6.45, 7) is 2.58. The maximum absolute atomic E-state index is 12.7. The number of carbonyl (C=O) groups excluding carboxylic acids is 2. The number of amides is 2. The monoisotopic (exact) mass is 445 g/mol. The van der Waals surface area contributed by atoms with E-state index >= 15 is 0 Å². The van der Waals surface area contributed by atoms with Gasteiger partial charge in [-0.25, -0.2) is 0 Å². The Morgan fingerprint density at radius 3 is 2.48 bits per heavy atom. The number of hydrogen-bond donors (Lipinski definition) is 1. The van der Waals surface area contributed by atoms with Gasteiger partial charge in [-0.2, -0.15) is 9.78 Å². The van der Waals surface area contributed by atoms with Crippen molar-refractivity contribution < 1.29 is 14.5 Å². The minimum atomic E-state index is -0.651. The van der Waals surface area contributed by atoms with Gasteiger partial charge in [0.1, 0.15) is 5.69 Å². The van der Waals surface area contributed by atoms with Crippen molar-refractivity contribution in [1.82, 2.24) is 24.5 Å². The molecule has 0 aliphatic rings. The number of benzene rings is 1. The molecule has 11 nitrogen and oxygen atoms in total. The summed E-state index contributed by atoms with van der Waals surface area (Å²) in [4.78, 5) is 36.7. The van der Waals surface area contributed by atoms with Crippen LogP contribution in [0, 0.1) is 10.1 Å². The molecule has 3 rings (SSSR count). The van der Waals surface area contributed by atoms with Gasteiger partial charge in [0.2, 0.25) is 0 Å². The van der Waals surface area contributed by atoms with E-state index in [0.29, 0.717) is 23.5 Å². The second-order valence-electron chi connectivity index (χ2n) is 6.83. The first-order valence-corrected chi connectivity index (χ1v) is 9.64. The Labute approximate surface area is 182 Å². The number of carbonyl (C=O) groups is 2. The maximum atomic E-state index is 12.7. The standard InChI is InChI=1S/C19H20ClN7O4/c1-4-26-16(19(29)24(2)3)15(9-21-26)22-18(28)13-7-5-12(6-8-13)10-25-11-14(20)17(23-25)27(30)31/h5-9,11H,4,10H2,1-3H3,(H,22,28). The van der Waals surface area contributed by atoms with Crippen LogP contribution in [0.1, 0.15) is 33.3 Å². The van der Waals surface area contributed by atoms with E-state index in [-0.39, 0.29) is 17.5 Å². The van der Waals surface area contributed by atoms with Gasteiger partial charge in [0.25, 0.3) is 11.8 Å². The first-order valence-electron chi connectivity index (χ1n) is 9.26. The van der Waals surface area contributed by atoms with Crippen LogP contribution in [0.5, 0.6) is 0 Å². The molecule has 2 amide bonds. The van der Waals surface area contributed by atoms with Crippen LogP contribution in [-0.4, -0.2) is 55.3 Å². The normalized spacial score (nSPS) is 10.7. The van der Waals surface area contributed by atoms with Crippen LogP contribution in [0.25, 0.3) is 0 Å². The van der Waals surface area contributed by atoms with E-state index in [2.05, 4.69) is 15.5 Å². The fourth-order valence-electron chi connectivity index (χ4n) is 2.89. The van der Waals surface area contributed by atoms with Crippen LogP contribution in [0.2, 0.25) is 5.02 Å². The highest BCUT2D eigenvalue weighted by Gasteiger charge is 2.22. The zero-order chi connectivity index (χ0) is 22.7. The number of aromatic nitrogens is 4. The predicted octanol–water partition coefficient (Wildman–Crippen LogP) is 2.66. The average Bonchev–Trinajstić information content (AvgIpc) is 3.30. The first kappa shape index (κ1) is 22.0. The zero-order valence-electron chi connectivity index (χ0n) is 17.1. The maximum Gasteiger partial charge on any atom is 0.408 e. The second kappa shape index (κ2) is 8.96. The summed E-state index contributed by atoms with van der Waals surface area (Å²) in [5.41, 5.74) is 1.77. The molecule has 31 heavy (non-hydrogen) atoms. The minimum Gasteiger partial charge on any atom is -0.358 e. The van der Waals surface area contributed by atoms with Crippen molar-refractivity contribution in [3.63, 3.8) is 0 Å². The topological polar surface area (TPSA) is 128 Å². The summed E-state index contributed by atoms with van der Waals surface area (Å²) in [5.74, 6) is -1.07. The molecular formula is C19H20ClN7O4. The van der Waals surface area contributed by atoms with Crippen molar-refractivity contribution >= 4 is 34.9 Å². The Bertz CT molecular complexity index is 1130. The number of aryl methyl sites for hydroxylation is 1. The summed E-state index contributed by atoms with van der Waals surface area (Å²) in [5, 5.41) is 21.5. The number of hydrogen-bond acceptors (Lipinski definition) is 6. The molecule has 1 aromatic carbocycles. The summed E-state index contributed by atoms with van der Waals surface area (Å²) in [6, 6.07) is 6.64. The highest BCUT2D eigenvalue weighted by Crippen LogP contribution is 2.22. The molecule has 0 bridgehead atoms. The first-order chi connectivity index (χ1) is 14.7. The molecule has 0 fully saturated rings. The average molecular weight is 446 g/mol. The van der Waals surface area contributed by atoms with Gasteiger partial charge in [-0.05, 0) is 29.5 Å². The number of nitrogens with zero attached hydrogens (tertiary/aromatic N) is 6. The SMILES string of the molecule is CCn1ncc(NC(=O)c2ccc(Cn3cc(Cl)c([N+](=O)[O-])n3)cc2)c1C(=O)N(C)C. The van der Waals surface area contributed by atoms with Gasteiger partial charge in [-0.1, -0.05) is 23.7 Å². The Hall–Kier alpha value is -3.73. The van der Waals surface area contributed by atoms with Gasteiger partial charge in [-0.15, -0.1) is 0 Å². The Morgan fingerprint density at radius 2 is 1.94 bits per heavy atom. The Kier molecular flexibility index (Phi) is 6.35. The number of nitro groups is 1. The summed E-state index contributed by atoms with van der Waals surface area (Å²) >= 11 is 5.80. The minimum absolute atomic E-state index is 0.0447. The van der Waals surface area contributed by atoms with Crippen LogP contribution in [0.3, 0.4) is 0 Å². The van der Waals surface area contributed by atoms with Crippen LogP contribution in [-0.2, 0) is 13.1 Å². The molecule has 0 saturated carbocycles. The molecule has 12 heteroatoms. The fraction of sp³-hybridized carbons (Fsp3) is 0.263. The van der Waals surface area contributed by atoms with E-state index in [1.165, 1.54) is 26.7 Å². The van der Waals surface area contributed by atoms with E-state index in [0.717, 1.165) is 5.56 Å². The number of anilines is 1. The number of nitrogens with one attached hydrogen (secondary N) is 1. The fourth-order valence-corrected chi connectivity index (χ4v) is 3.11. The molecule has 3 aromatic rings. The highest BCUT2D eigenvalue weighted by atomic mass is 35.5. The molecule has 2 heterocycles. The third kappa shape index (κ3) is 4.72.